The van der Waals surface area contributed by atoms with Gasteiger partial charge in [-0.1, -0.05) is 0 Å². The second-order valence-electron chi connectivity index (χ2n) is 4.79. The Morgan fingerprint density at radius 2 is 2.04 bits per heavy atom. The largest absolute Gasteiger partial charge is 0.480 e. The Labute approximate surface area is 133 Å². The predicted molar refractivity (Wildman–Crippen MR) is 80.3 cm³/mol. The van der Waals surface area contributed by atoms with Crippen molar-refractivity contribution < 1.29 is 23.9 Å². The molecule has 10 heteroatoms. The van der Waals surface area contributed by atoms with Crippen molar-refractivity contribution in [2.45, 2.75) is 26.3 Å². The predicted octanol–water partition coefficient (Wildman–Crippen LogP) is -0.0753. The van der Waals surface area contributed by atoms with Crippen molar-refractivity contribution in [2.75, 3.05) is 0 Å². The lowest BCUT2D eigenvalue weighted by Crippen LogP contribution is -2.43. The fourth-order valence-electron chi connectivity index (χ4n) is 2.01. The van der Waals surface area contributed by atoms with E-state index in [0.29, 0.717) is 10.4 Å². The monoisotopic (exact) mass is 339 g/mol. The van der Waals surface area contributed by atoms with Crippen molar-refractivity contribution in [3.05, 3.63) is 26.8 Å². The molecule has 1 atom stereocenters. The molecule has 0 aliphatic carbocycles. The zero-order valence-corrected chi connectivity index (χ0v) is 13.0. The highest BCUT2D eigenvalue weighted by Crippen LogP contribution is 2.27. The molecule has 0 radical (unpaired) electrons. The lowest BCUT2D eigenvalue weighted by Gasteiger charge is -2.12. The van der Waals surface area contributed by atoms with Crippen molar-refractivity contribution in [1.29, 1.82) is 0 Å². The SMILES string of the molecule is Cc1nc2sc(C(=O)NC(CC(N)=O)C(=O)O)c(C)c2c(=O)o1. The highest BCUT2D eigenvalue weighted by atomic mass is 32.1. The summed E-state index contributed by atoms with van der Waals surface area (Å²) in [6.45, 7) is 3.04. The molecule has 4 N–H and O–H groups in total. The molecule has 0 fully saturated rings. The quantitative estimate of drug-likeness (QED) is 0.689. The molecule has 2 rings (SSSR count). The first-order valence-electron chi connectivity index (χ1n) is 6.43. The molecule has 0 bridgehead atoms. The van der Waals surface area contributed by atoms with Crippen LogP contribution in [0.4, 0.5) is 0 Å². The molecule has 0 saturated heterocycles. The summed E-state index contributed by atoms with van der Waals surface area (Å²) < 4.78 is 4.89. The molecule has 0 spiro atoms. The maximum Gasteiger partial charge on any atom is 0.348 e. The van der Waals surface area contributed by atoms with Gasteiger partial charge in [-0.25, -0.2) is 14.6 Å². The lowest BCUT2D eigenvalue weighted by atomic mass is 10.1. The highest BCUT2D eigenvalue weighted by Gasteiger charge is 2.26. The third-order valence-electron chi connectivity index (χ3n) is 3.05. The maximum absolute atomic E-state index is 12.3. The van der Waals surface area contributed by atoms with Crippen molar-refractivity contribution in [3.8, 4) is 0 Å². The van der Waals surface area contributed by atoms with Gasteiger partial charge in [0.1, 0.15) is 16.3 Å². The average molecular weight is 339 g/mol. The molecule has 2 aromatic heterocycles. The van der Waals surface area contributed by atoms with E-state index in [-0.39, 0.29) is 16.2 Å². The third-order valence-corrected chi connectivity index (χ3v) is 4.23. The van der Waals surface area contributed by atoms with E-state index in [1.54, 1.807) is 0 Å². The number of primary amides is 1. The Morgan fingerprint density at radius 3 is 2.61 bits per heavy atom. The van der Waals surface area contributed by atoms with E-state index in [1.165, 1.54) is 13.8 Å². The molecular weight excluding hydrogens is 326 g/mol. The van der Waals surface area contributed by atoms with E-state index in [2.05, 4.69) is 10.3 Å². The Morgan fingerprint density at radius 1 is 1.39 bits per heavy atom. The van der Waals surface area contributed by atoms with E-state index >= 15 is 0 Å². The fourth-order valence-corrected chi connectivity index (χ4v) is 3.12. The highest BCUT2D eigenvalue weighted by molar-refractivity contribution is 7.20. The molecular formula is C13H13N3O6S. The van der Waals surface area contributed by atoms with Crippen LogP contribution in [0.5, 0.6) is 0 Å². The van der Waals surface area contributed by atoms with E-state index in [0.717, 1.165) is 11.3 Å². The van der Waals surface area contributed by atoms with Crippen LogP contribution >= 0.6 is 11.3 Å². The van der Waals surface area contributed by atoms with Crippen LogP contribution in [0.3, 0.4) is 0 Å². The molecule has 2 amide bonds. The summed E-state index contributed by atoms with van der Waals surface area (Å²) in [7, 11) is 0. The molecule has 0 aromatic carbocycles. The van der Waals surface area contributed by atoms with Gasteiger partial charge in [0, 0.05) is 6.92 Å². The van der Waals surface area contributed by atoms with Crippen molar-refractivity contribution in [1.82, 2.24) is 10.3 Å². The van der Waals surface area contributed by atoms with Crippen molar-refractivity contribution in [3.63, 3.8) is 0 Å². The summed E-state index contributed by atoms with van der Waals surface area (Å²) in [5, 5.41) is 11.4. The van der Waals surface area contributed by atoms with Crippen LogP contribution in [0.15, 0.2) is 9.21 Å². The number of fused-ring (bicyclic) bond motifs is 1. The molecule has 0 aliphatic rings. The van der Waals surface area contributed by atoms with Crippen LogP contribution in [0.1, 0.15) is 27.5 Å². The van der Waals surface area contributed by atoms with Crippen LogP contribution in [-0.4, -0.2) is 33.9 Å². The summed E-state index contributed by atoms with van der Waals surface area (Å²) in [6.07, 6.45) is -0.537. The van der Waals surface area contributed by atoms with Gasteiger partial charge in [-0.05, 0) is 12.5 Å². The molecule has 23 heavy (non-hydrogen) atoms. The number of aliphatic carboxylic acids is 1. The Bertz CT molecular complexity index is 868. The number of hydrogen-bond donors (Lipinski definition) is 3. The minimum absolute atomic E-state index is 0.126. The summed E-state index contributed by atoms with van der Waals surface area (Å²) in [6, 6.07) is -1.45. The average Bonchev–Trinajstić information content (AvgIpc) is 2.74. The number of nitrogens with zero attached hydrogens (tertiary/aromatic N) is 1. The second-order valence-corrected chi connectivity index (χ2v) is 5.79. The molecule has 2 heterocycles. The number of carboxylic acids is 1. The van der Waals surface area contributed by atoms with E-state index in [9.17, 15) is 19.2 Å². The lowest BCUT2D eigenvalue weighted by molar-refractivity contribution is -0.140. The summed E-state index contributed by atoms with van der Waals surface area (Å²) in [4.78, 5) is 50.5. The Balaban J connectivity index is 2.40. The van der Waals surface area contributed by atoms with E-state index in [4.69, 9.17) is 15.3 Å². The number of thiophene rings is 1. The zero-order valence-electron chi connectivity index (χ0n) is 12.2. The molecule has 122 valence electrons. The number of amides is 2. The molecule has 9 nitrogen and oxygen atoms in total. The minimum Gasteiger partial charge on any atom is -0.480 e. The van der Waals surface area contributed by atoms with Gasteiger partial charge in [0.25, 0.3) is 5.91 Å². The molecule has 0 saturated carbocycles. The number of carboxylic acid groups (broad SMARTS) is 1. The third kappa shape index (κ3) is 3.37. The minimum atomic E-state index is -1.45. The van der Waals surface area contributed by atoms with E-state index < -0.39 is 35.9 Å². The van der Waals surface area contributed by atoms with Gasteiger partial charge in [0.2, 0.25) is 5.91 Å². The fraction of sp³-hybridized carbons (Fsp3) is 0.308. The van der Waals surface area contributed by atoms with Gasteiger partial charge in [0.15, 0.2) is 5.89 Å². The second kappa shape index (κ2) is 6.16. The van der Waals surface area contributed by atoms with Crippen LogP contribution in [0, 0.1) is 13.8 Å². The van der Waals surface area contributed by atoms with Gasteiger partial charge in [0.05, 0.1) is 11.3 Å². The number of nitrogens with two attached hydrogens (primary N) is 1. The van der Waals surface area contributed by atoms with Crippen molar-refractivity contribution >= 4 is 39.3 Å². The first kappa shape index (κ1) is 16.6. The summed E-state index contributed by atoms with van der Waals surface area (Å²) >= 11 is 0.941. The Hall–Kier alpha value is -2.75. The number of aromatic nitrogens is 1. The van der Waals surface area contributed by atoms with Crippen molar-refractivity contribution in [2.24, 2.45) is 5.73 Å². The maximum atomic E-state index is 12.3. The van der Waals surface area contributed by atoms with E-state index in [1.807, 2.05) is 0 Å². The molecule has 0 aliphatic heterocycles. The molecule has 1 unspecified atom stereocenters. The van der Waals surface area contributed by atoms with Crippen LogP contribution < -0.4 is 16.7 Å². The first-order chi connectivity index (χ1) is 10.7. The first-order valence-corrected chi connectivity index (χ1v) is 7.25. The van der Waals surface area contributed by atoms with Gasteiger partial charge in [-0.15, -0.1) is 11.3 Å². The molecule has 2 aromatic rings. The summed E-state index contributed by atoms with van der Waals surface area (Å²) in [5.41, 5.74) is 4.68. The smallest absolute Gasteiger partial charge is 0.348 e. The number of aryl methyl sites for hydroxylation is 2. The van der Waals surface area contributed by atoms with Crippen LogP contribution in [-0.2, 0) is 9.59 Å². The Kier molecular flexibility index (Phi) is 4.45. The van der Waals surface area contributed by atoms with Crippen LogP contribution in [0.25, 0.3) is 10.2 Å². The normalized spacial score (nSPS) is 12.1. The number of nitrogens with one attached hydrogen (secondary N) is 1. The van der Waals surface area contributed by atoms with Crippen LogP contribution in [0.2, 0.25) is 0 Å². The van der Waals surface area contributed by atoms with Gasteiger partial charge in [-0.2, -0.15) is 0 Å². The van der Waals surface area contributed by atoms with Gasteiger partial charge < -0.3 is 20.6 Å². The summed E-state index contributed by atoms with van der Waals surface area (Å²) in [5.74, 6) is -2.81. The standard InChI is InChI=1S/C13H13N3O6S/c1-4-8-11(15-5(2)22-13(8)21)23-9(4)10(18)16-6(12(19)20)3-7(14)17/h6H,3H2,1-2H3,(H2,14,17)(H,16,18)(H,19,20). The topological polar surface area (TPSA) is 153 Å². The number of carbonyl (C=O) groups excluding carboxylic acids is 2. The van der Waals surface area contributed by atoms with Gasteiger partial charge >= 0.3 is 11.6 Å². The number of hydrogen-bond acceptors (Lipinski definition) is 7. The number of rotatable bonds is 5. The number of carbonyl (C=O) groups is 3. The zero-order chi connectivity index (χ0) is 17.3. The van der Waals surface area contributed by atoms with Gasteiger partial charge in [-0.3, -0.25) is 9.59 Å².